The molecule has 0 spiro atoms. The summed E-state index contributed by atoms with van der Waals surface area (Å²) in [4.78, 5) is 0. The average molecular weight is 555 g/mol. The van der Waals surface area contributed by atoms with Crippen LogP contribution in [0.1, 0.15) is 38.2 Å². The van der Waals surface area contributed by atoms with Crippen molar-refractivity contribution in [3.8, 4) is 0 Å². The molecule has 3 atom stereocenters. The van der Waals surface area contributed by atoms with Crippen molar-refractivity contribution >= 4 is 41.8 Å². The molecule has 0 aliphatic carbocycles. The van der Waals surface area contributed by atoms with Crippen molar-refractivity contribution in [1.82, 2.24) is 0 Å². The van der Waals surface area contributed by atoms with E-state index in [0.717, 1.165) is 18.5 Å². The van der Waals surface area contributed by atoms with Gasteiger partial charge in [0.15, 0.2) is 33.3 Å². The Balaban J connectivity index is 3.24. The van der Waals surface area contributed by atoms with Gasteiger partial charge in [-0.3, -0.25) is 0 Å². The predicted molar refractivity (Wildman–Crippen MR) is 164 cm³/mol. The van der Waals surface area contributed by atoms with Crippen molar-refractivity contribution in [2.24, 2.45) is 0 Å². The molecule has 0 heterocycles. The fourth-order valence-electron chi connectivity index (χ4n) is 5.13. The molecule has 0 saturated carbocycles. The van der Waals surface area contributed by atoms with Crippen LogP contribution in [0.3, 0.4) is 0 Å². The van der Waals surface area contributed by atoms with Crippen LogP contribution in [0.2, 0.25) is 83.1 Å². The molecule has 0 N–H and O–H groups in total. The van der Waals surface area contributed by atoms with Gasteiger partial charge in [0.25, 0.3) is 0 Å². The third-order valence-electron chi connectivity index (χ3n) is 6.42. The summed E-state index contributed by atoms with van der Waals surface area (Å²) in [5, 5.41) is 0. The van der Waals surface area contributed by atoms with E-state index >= 15 is 0 Å². The Labute approximate surface area is 217 Å². The highest BCUT2D eigenvalue weighted by Gasteiger charge is 2.45. The second kappa shape index (κ2) is 12.9. The highest BCUT2D eigenvalue weighted by molar-refractivity contribution is 6.91. The van der Waals surface area contributed by atoms with Gasteiger partial charge in [0.05, 0.1) is 0 Å². The molecule has 3 nitrogen and oxygen atoms in total. The van der Waals surface area contributed by atoms with E-state index in [0.29, 0.717) is 5.92 Å². The lowest BCUT2D eigenvalue weighted by Crippen LogP contribution is -2.55. The van der Waals surface area contributed by atoms with Crippen LogP contribution < -0.4 is 0 Å². The minimum Gasteiger partial charge on any atom is -0.455 e. The lowest BCUT2D eigenvalue weighted by molar-refractivity contribution is 0.382. The SMILES string of the molecule is C=C[Si](C)(C)O[Si](C)(CC[Si](C)(CC(CC)c1ccccc1)O[Si](C)(C)C)O[Si](C)(C)CCC. The first-order valence-electron chi connectivity index (χ1n) is 13.3. The maximum atomic E-state index is 7.10. The predicted octanol–water partition coefficient (Wildman–Crippen LogP) is 9.26. The number of benzene rings is 1. The molecule has 1 aromatic carbocycles. The van der Waals surface area contributed by atoms with Gasteiger partial charge in [-0.2, -0.15) is 0 Å². The Morgan fingerprint density at radius 2 is 1.38 bits per heavy atom. The van der Waals surface area contributed by atoms with Crippen LogP contribution in [-0.2, 0) is 12.3 Å². The second-order valence-electron chi connectivity index (χ2n) is 12.5. The third kappa shape index (κ3) is 11.8. The lowest BCUT2D eigenvalue weighted by Gasteiger charge is -2.43. The summed E-state index contributed by atoms with van der Waals surface area (Å²) in [5.41, 5.74) is 3.51. The van der Waals surface area contributed by atoms with Gasteiger partial charge in [-0.25, -0.2) is 0 Å². The molecular weight excluding hydrogens is 501 g/mol. The lowest BCUT2D eigenvalue weighted by atomic mass is 9.99. The normalized spacial score (nSPS) is 17.6. The summed E-state index contributed by atoms with van der Waals surface area (Å²) in [6.45, 7) is 29.8. The van der Waals surface area contributed by atoms with Crippen LogP contribution >= 0.6 is 0 Å². The Kier molecular flexibility index (Phi) is 12.2. The Morgan fingerprint density at radius 1 is 0.794 bits per heavy atom. The highest BCUT2D eigenvalue weighted by Crippen LogP contribution is 2.37. The van der Waals surface area contributed by atoms with Gasteiger partial charge < -0.3 is 12.3 Å². The molecule has 0 aliphatic rings. The number of hydrogen-bond acceptors (Lipinski definition) is 3. The maximum Gasteiger partial charge on any atom is 0.314 e. The van der Waals surface area contributed by atoms with Gasteiger partial charge >= 0.3 is 8.56 Å². The van der Waals surface area contributed by atoms with E-state index in [1.54, 1.807) is 0 Å². The van der Waals surface area contributed by atoms with Crippen molar-refractivity contribution in [2.75, 3.05) is 0 Å². The molecule has 1 aromatic rings. The van der Waals surface area contributed by atoms with Crippen LogP contribution in [0.25, 0.3) is 0 Å². The number of rotatable bonds is 16. The van der Waals surface area contributed by atoms with Crippen molar-refractivity contribution in [2.45, 2.75) is 116 Å². The Bertz CT molecular complexity index is 751. The highest BCUT2D eigenvalue weighted by atomic mass is 28.5. The molecule has 0 aliphatic heterocycles. The first kappa shape index (κ1) is 32.0. The Morgan fingerprint density at radius 3 is 1.85 bits per heavy atom. The Hall–Kier alpha value is -0.0756. The monoisotopic (exact) mass is 554 g/mol. The molecule has 0 aromatic heterocycles. The largest absolute Gasteiger partial charge is 0.455 e. The standard InChI is InChI=1S/C26H54O3Si5/c1-13-21-32(9,10)29-34(12,28-31(7,8)15-3)23-22-33(11,27-30(4,5)6)24-25(14-2)26-19-17-16-18-20-26/h15-20,25H,3,13-14,21-24H2,1-2,4-12H3. The zero-order valence-corrected chi connectivity index (χ0v) is 29.2. The van der Waals surface area contributed by atoms with Gasteiger partial charge in [-0.05, 0) is 101 Å². The van der Waals surface area contributed by atoms with Gasteiger partial charge in [-0.1, -0.05) is 56.3 Å². The molecule has 3 unspecified atom stereocenters. The fraction of sp³-hybridized carbons (Fsp3) is 0.692. The van der Waals surface area contributed by atoms with Crippen LogP contribution in [0.5, 0.6) is 0 Å². The minimum atomic E-state index is -2.38. The van der Waals surface area contributed by atoms with E-state index in [1.807, 2.05) is 0 Å². The topological polar surface area (TPSA) is 27.7 Å². The van der Waals surface area contributed by atoms with Crippen molar-refractivity contribution < 1.29 is 12.3 Å². The molecule has 8 heteroatoms. The second-order valence-corrected chi connectivity index (χ2v) is 33.4. The first-order valence-corrected chi connectivity index (χ1v) is 28.1. The summed E-state index contributed by atoms with van der Waals surface area (Å²) in [5.74, 6) is 0.550. The minimum absolute atomic E-state index is 0.550. The van der Waals surface area contributed by atoms with Crippen molar-refractivity contribution in [3.63, 3.8) is 0 Å². The molecule has 34 heavy (non-hydrogen) atoms. The summed E-state index contributed by atoms with van der Waals surface area (Å²) in [6, 6.07) is 15.5. The zero-order chi connectivity index (χ0) is 26.3. The van der Waals surface area contributed by atoms with Crippen LogP contribution in [-0.4, -0.2) is 41.8 Å². The van der Waals surface area contributed by atoms with E-state index in [-0.39, 0.29) is 0 Å². The maximum absolute atomic E-state index is 7.10. The fourth-order valence-corrected chi connectivity index (χ4v) is 29.9. The van der Waals surface area contributed by atoms with Gasteiger partial charge in [0, 0.05) is 0 Å². The van der Waals surface area contributed by atoms with Gasteiger partial charge in [0.2, 0.25) is 0 Å². The van der Waals surface area contributed by atoms with E-state index in [1.165, 1.54) is 24.1 Å². The van der Waals surface area contributed by atoms with Crippen LogP contribution in [0.15, 0.2) is 42.6 Å². The smallest absolute Gasteiger partial charge is 0.314 e. The molecule has 0 radical (unpaired) electrons. The molecule has 0 amide bonds. The molecule has 0 bridgehead atoms. The van der Waals surface area contributed by atoms with E-state index in [2.05, 4.69) is 115 Å². The summed E-state index contributed by atoms with van der Waals surface area (Å²) in [6.07, 6.45) is 2.32. The quantitative estimate of drug-likeness (QED) is 0.191. The van der Waals surface area contributed by atoms with E-state index < -0.39 is 41.8 Å². The molecule has 0 saturated heterocycles. The zero-order valence-electron chi connectivity index (χ0n) is 24.2. The molecule has 0 fully saturated rings. The summed E-state index contributed by atoms with van der Waals surface area (Å²) < 4.78 is 21.1. The number of hydrogen-bond donors (Lipinski definition) is 0. The van der Waals surface area contributed by atoms with Crippen molar-refractivity contribution in [3.05, 3.63) is 48.2 Å². The summed E-state index contributed by atoms with van der Waals surface area (Å²) >= 11 is 0. The van der Waals surface area contributed by atoms with Crippen LogP contribution in [0, 0.1) is 0 Å². The van der Waals surface area contributed by atoms with E-state index in [9.17, 15) is 0 Å². The van der Waals surface area contributed by atoms with Gasteiger partial charge in [-0.15, -0.1) is 6.58 Å². The molecular formula is C26H54O3Si5. The first-order chi connectivity index (χ1) is 15.5. The van der Waals surface area contributed by atoms with E-state index in [4.69, 9.17) is 12.3 Å². The third-order valence-corrected chi connectivity index (χ3v) is 25.6. The van der Waals surface area contributed by atoms with Crippen molar-refractivity contribution in [1.29, 1.82) is 0 Å². The van der Waals surface area contributed by atoms with Crippen LogP contribution in [0.4, 0.5) is 0 Å². The van der Waals surface area contributed by atoms with Gasteiger partial charge in [0.1, 0.15) is 0 Å². The average Bonchev–Trinajstić information content (AvgIpc) is 2.69. The molecule has 196 valence electrons. The molecule has 1 rings (SSSR count). The summed E-state index contributed by atoms with van der Waals surface area (Å²) in [7, 11) is -9.81.